The van der Waals surface area contributed by atoms with E-state index >= 15 is 0 Å². The summed E-state index contributed by atoms with van der Waals surface area (Å²) < 4.78 is 13.4. The van der Waals surface area contributed by atoms with Crippen molar-refractivity contribution in [3.05, 3.63) is 28.0 Å². The third kappa shape index (κ3) is 1.54. The number of ketones is 1. The highest BCUT2D eigenvalue weighted by molar-refractivity contribution is 9.10. The maximum Gasteiger partial charge on any atom is 0.299 e. The number of fused-ring (bicyclic) bond motifs is 1. The van der Waals surface area contributed by atoms with Gasteiger partial charge in [0, 0.05) is 6.54 Å². The van der Waals surface area contributed by atoms with Crippen LogP contribution >= 0.6 is 15.9 Å². The van der Waals surface area contributed by atoms with Gasteiger partial charge in [-0.05, 0) is 28.1 Å². The molecule has 0 radical (unpaired) electrons. The Balaban J connectivity index is 2.56. The van der Waals surface area contributed by atoms with Crippen molar-refractivity contribution in [3.63, 3.8) is 0 Å². The van der Waals surface area contributed by atoms with E-state index in [1.54, 1.807) is 0 Å². The summed E-state index contributed by atoms with van der Waals surface area (Å²) in [4.78, 5) is 24.1. The van der Waals surface area contributed by atoms with E-state index in [1.165, 1.54) is 6.07 Å². The minimum absolute atomic E-state index is 0.0152. The Morgan fingerprint density at radius 1 is 1.38 bits per heavy atom. The largest absolute Gasteiger partial charge is 0.395 e. The Hall–Kier alpha value is -1.27. The van der Waals surface area contributed by atoms with E-state index < -0.39 is 17.5 Å². The number of carbonyl (C=O) groups is 2. The molecule has 0 fully saturated rings. The minimum atomic E-state index is -0.735. The van der Waals surface area contributed by atoms with Crippen LogP contribution in [0.2, 0.25) is 0 Å². The predicted molar refractivity (Wildman–Crippen MR) is 57.9 cm³/mol. The third-order valence-corrected chi connectivity index (χ3v) is 2.94. The molecule has 0 spiro atoms. The van der Waals surface area contributed by atoms with Crippen LogP contribution in [0.3, 0.4) is 0 Å². The summed E-state index contributed by atoms with van der Waals surface area (Å²) >= 11 is 2.95. The third-order valence-electron chi connectivity index (χ3n) is 2.34. The van der Waals surface area contributed by atoms with Crippen molar-refractivity contribution < 1.29 is 19.1 Å². The maximum absolute atomic E-state index is 13.3. The van der Waals surface area contributed by atoms with Crippen LogP contribution in [0.25, 0.3) is 0 Å². The Morgan fingerprint density at radius 3 is 2.69 bits per heavy atom. The fraction of sp³-hybridized carbons (Fsp3) is 0.200. The number of aliphatic hydroxyl groups excluding tert-OH is 1. The van der Waals surface area contributed by atoms with Crippen LogP contribution in [-0.4, -0.2) is 29.9 Å². The zero-order valence-electron chi connectivity index (χ0n) is 8.04. The summed E-state index contributed by atoms with van der Waals surface area (Å²) in [5.41, 5.74) is 0.372. The van der Waals surface area contributed by atoms with Gasteiger partial charge >= 0.3 is 0 Å². The highest BCUT2D eigenvalue weighted by Gasteiger charge is 2.36. The molecule has 1 aromatic rings. The molecule has 1 aliphatic rings. The summed E-state index contributed by atoms with van der Waals surface area (Å²) in [5.74, 6) is -1.96. The first kappa shape index (κ1) is 11.2. The van der Waals surface area contributed by atoms with Crippen LogP contribution in [0, 0.1) is 5.82 Å². The van der Waals surface area contributed by atoms with E-state index in [0.717, 1.165) is 11.0 Å². The van der Waals surface area contributed by atoms with Crippen molar-refractivity contribution in [2.24, 2.45) is 0 Å². The molecule has 84 valence electrons. The molecule has 16 heavy (non-hydrogen) atoms. The Labute approximate surface area is 98.8 Å². The number of anilines is 1. The number of hydrogen-bond acceptors (Lipinski definition) is 3. The molecule has 1 aromatic carbocycles. The first-order valence-corrected chi connectivity index (χ1v) is 5.31. The molecule has 0 aliphatic carbocycles. The lowest BCUT2D eigenvalue weighted by Crippen LogP contribution is -2.32. The van der Waals surface area contributed by atoms with Crippen LogP contribution in [0.5, 0.6) is 0 Å². The van der Waals surface area contributed by atoms with Crippen LogP contribution in [0.4, 0.5) is 10.1 Å². The average molecular weight is 288 g/mol. The van der Waals surface area contributed by atoms with Gasteiger partial charge in [-0.3, -0.25) is 9.59 Å². The molecule has 0 aromatic heterocycles. The summed E-state index contributed by atoms with van der Waals surface area (Å²) in [5, 5.41) is 8.77. The highest BCUT2D eigenvalue weighted by Crippen LogP contribution is 2.32. The van der Waals surface area contributed by atoms with E-state index in [9.17, 15) is 14.0 Å². The smallest absolute Gasteiger partial charge is 0.299 e. The Morgan fingerprint density at radius 2 is 2.06 bits per heavy atom. The fourth-order valence-electron chi connectivity index (χ4n) is 1.61. The van der Waals surface area contributed by atoms with Gasteiger partial charge in [-0.15, -0.1) is 0 Å². The summed E-state index contributed by atoms with van der Waals surface area (Å²) in [6.07, 6.45) is 0. The molecule has 1 N–H and O–H groups in total. The fourth-order valence-corrected chi connectivity index (χ4v) is 1.95. The molecule has 0 bridgehead atoms. The van der Waals surface area contributed by atoms with Gasteiger partial charge in [-0.2, -0.15) is 0 Å². The summed E-state index contributed by atoms with van der Waals surface area (Å²) in [7, 11) is 0. The first-order chi connectivity index (χ1) is 7.56. The van der Waals surface area contributed by atoms with Crippen molar-refractivity contribution >= 4 is 33.3 Å². The van der Waals surface area contributed by atoms with Gasteiger partial charge in [0.05, 0.1) is 22.3 Å². The van der Waals surface area contributed by atoms with Crippen LogP contribution < -0.4 is 4.90 Å². The first-order valence-electron chi connectivity index (χ1n) is 4.52. The Bertz CT molecular complexity index is 489. The lowest BCUT2D eigenvalue weighted by molar-refractivity contribution is -0.114. The lowest BCUT2D eigenvalue weighted by atomic mass is 10.1. The van der Waals surface area contributed by atoms with Gasteiger partial charge in [-0.1, -0.05) is 0 Å². The molecular weight excluding hydrogens is 281 g/mol. The van der Waals surface area contributed by atoms with Crippen molar-refractivity contribution in [2.75, 3.05) is 18.1 Å². The van der Waals surface area contributed by atoms with Crippen molar-refractivity contribution in [2.45, 2.75) is 0 Å². The maximum atomic E-state index is 13.3. The van der Waals surface area contributed by atoms with Crippen LogP contribution in [0.15, 0.2) is 16.6 Å². The molecule has 0 atom stereocenters. The van der Waals surface area contributed by atoms with Gasteiger partial charge in [0.1, 0.15) is 5.82 Å². The Kier molecular flexibility index (Phi) is 2.77. The van der Waals surface area contributed by atoms with Crippen LogP contribution in [-0.2, 0) is 4.79 Å². The number of aliphatic hydroxyl groups is 1. The summed E-state index contributed by atoms with van der Waals surface area (Å²) in [6.45, 7) is -0.297. The molecule has 0 saturated carbocycles. The number of halogens is 2. The number of benzene rings is 1. The molecule has 2 rings (SSSR count). The topological polar surface area (TPSA) is 57.6 Å². The molecule has 1 aliphatic heterocycles. The van der Waals surface area contributed by atoms with E-state index in [2.05, 4.69) is 15.9 Å². The van der Waals surface area contributed by atoms with Crippen molar-refractivity contribution in [1.29, 1.82) is 0 Å². The lowest BCUT2D eigenvalue weighted by Gasteiger charge is -2.14. The minimum Gasteiger partial charge on any atom is -0.395 e. The zero-order chi connectivity index (χ0) is 11.9. The second kappa shape index (κ2) is 3.95. The van der Waals surface area contributed by atoms with Gasteiger partial charge in [0.15, 0.2) is 0 Å². The van der Waals surface area contributed by atoms with Gasteiger partial charge in [0.25, 0.3) is 11.7 Å². The number of β-amino-alcohol motifs (C(OH)–C–C–N with tert-alkyl or cyclic N) is 1. The molecular formula is C10H7BrFNO3. The standard InChI is InChI=1S/C10H7BrFNO3/c11-6-3-5-8(4-7(6)12)13(1-2-14)10(16)9(5)15/h3-4,14H,1-2H2. The van der Waals surface area contributed by atoms with Crippen LogP contribution in [0.1, 0.15) is 10.4 Å². The van der Waals surface area contributed by atoms with E-state index in [-0.39, 0.29) is 28.9 Å². The zero-order valence-corrected chi connectivity index (χ0v) is 9.62. The second-order valence-corrected chi connectivity index (χ2v) is 4.15. The SMILES string of the molecule is O=C1C(=O)N(CCO)c2cc(F)c(Br)cc21. The quantitative estimate of drug-likeness (QED) is 0.829. The van der Waals surface area contributed by atoms with Crippen molar-refractivity contribution in [3.8, 4) is 0 Å². The number of amides is 1. The summed E-state index contributed by atoms with van der Waals surface area (Å²) in [6, 6.07) is 2.39. The molecule has 6 heteroatoms. The predicted octanol–water partition coefficient (Wildman–Crippen LogP) is 1.11. The van der Waals surface area contributed by atoms with Crippen molar-refractivity contribution in [1.82, 2.24) is 0 Å². The molecule has 1 amide bonds. The number of hydrogen-bond donors (Lipinski definition) is 1. The number of carbonyl (C=O) groups excluding carboxylic acids is 2. The van der Waals surface area contributed by atoms with Gasteiger partial charge < -0.3 is 10.0 Å². The van der Waals surface area contributed by atoms with Gasteiger partial charge in [0.2, 0.25) is 0 Å². The molecule has 4 nitrogen and oxygen atoms in total. The van der Waals surface area contributed by atoms with Gasteiger partial charge in [-0.25, -0.2) is 4.39 Å². The average Bonchev–Trinajstić information content (AvgIpc) is 2.46. The molecule has 0 unspecified atom stereocenters. The number of rotatable bonds is 2. The van der Waals surface area contributed by atoms with E-state index in [0.29, 0.717) is 0 Å². The number of Topliss-reactive ketones (excluding diaryl/α,β-unsaturated/α-hetero) is 1. The molecule has 1 heterocycles. The van der Waals surface area contributed by atoms with E-state index in [1.807, 2.05) is 0 Å². The normalized spacial score (nSPS) is 14.6. The highest BCUT2D eigenvalue weighted by atomic mass is 79.9. The molecule has 0 saturated heterocycles. The number of nitrogens with zero attached hydrogens (tertiary/aromatic N) is 1. The van der Waals surface area contributed by atoms with E-state index in [4.69, 9.17) is 5.11 Å². The second-order valence-electron chi connectivity index (χ2n) is 3.29. The monoisotopic (exact) mass is 287 g/mol.